The van der Waals surface area contributed by atoms with Gasteiger partial charge in [0.05, 0.1) is 25.1 Å². The molecule has 4 aromatic carbocycles. The monoisotopic (exact) mass is 907 g/mol. The van der Waals surface area contributed by atoms with Crippen LogP contribution in [-0.2, 0) is 42.2 Å². The Bertz CT molecular complexity index is 2740. The van der Waals surface area contributed by atoms with E-state index in [1.54, 1.807) is 6.33 Å². The largest absolute Gasteiger partial charge is 0.456 e. The Kier molecular flexibility index (Phi) is 11.7. The fraction of sp³-hybridized carbons (Fsp3) is 0.500. The number of hydrogen-bond acceptors (Lipinski definition) is 13. The van der Waals surface area contributed by atoms with E-state index in [0.29, 0.717) is 41.1 Å². The summed E-state index contributed by atoms with van der Waals surface area (Å²) in [6.07, 6.45) is -0.823. The van der Waals surface area contributed by atoms with Gasteiger partial charge in [0, 0.05) is 32.8 Å². The number of nitrogens with one attached hydrogen (secondary N) is 1. The van der Waals surface area contributed by atoms with E-state index in [1.165, 1.54) is 27.1 Å². The molecule has 7 unspecified atom stereocenters. The standard InChI is InChI=1S/C48H61N5O9Si2/c1-26(54)58-42-33-21-31-18-17-29-15-14-16-30-19-20-32(38(31)37(29)30)39(33)40(43(59-27(2)55)44(42)60-28(3)56)52-45-41-46(50-24-49-45)53(25-51-41)36-22-34(62-64(12,13)48(7,8)9)35(61-36)23-57-63(10,11)47(4,5)6/h14-21,24-25,34-36,40,42-44H,22-23H2,1-13H3,(H,49,50,52). The van der Waals surface area contributed by atoms with Crippen LogP contribution in [0.15, 0.2) is 61.2 Å². The number of fused-ring (bicyclic) bond motifs is 3. The molecule has 340 valence electrons. The summed E-state index contributed by atoms with van der Waals surface area (Å²) in [4.78, 5) is 53.1. The Balaban J connectivity index is 1.24. The SMILES string of the molecule is CC(=O)OC1c2cc3ccc4cccc5ccc(c2C(Nc2ncnc6c2ncn6C2CC(O[Si](C)(C)C(C)(C)C)C(CO[Si](C)(C)C(C)(C)C)O2)C(OC(C)=O)C1OC(C)=O)c3c45. The number of benzene rings is 4. The molecule has 64 heavy (non-hydrogen) atoms. The summed E-state index contributed by atoms with van der Waals surface area (Å²) in [7, 11) is -4.34. The smallest absolute Gasteiger partial charge is 0.303 e. The topological polar surface area (TPSA) is 162 Å². The van der Waals surface area contributed by atoms with Gasteiger partial charge in [0.15, 0.2) is 51.9 Å². The van der Waals surface area contributed by atoms with Crippen LogP contribution in [0.1, 0.15) is 98.2 Å². The van der Waals surface area contributed by atoms with E-state index < -0.39 is 65.1 Å². The zero-order chi connectivity index (χ0) is 46.3. The fourth-order valence-electron chi connectivity index (χ4n) is 8.77. The third kappa shape index (κ3) is 8.27. The first kappa shape index (κ1) is 45.6. The maximum Gasteiger partial charge on any atom is 0.303 e. The van der Waals surface area contributed by atoms with Crippen molar-refractivity contribution in [1.29, 1.82) is 0 Å². The van der Waals surface area contributed by atoms with Crippen molar-refractivity contribution in [1.82, 2.24) is 19.5 Å². The summed E-state index contributed by atoms with van der Waals surface area (Å²) >= 11 is 0. The summed E-state index contributed by atoms with van der Waals surface area (Å²) in [5.74, 6) is -1.49. The lowest BCUT2D eigenvalue weighted by Gasteiger charge is -2.43. The first-order valence-electron chi connectivity index (χ1n) is 22.1. The van der Waals surface area contributed by atoms with Crippen molar-refractivity contribution in [2.24, 2.45) is 0 Å². The van der Waals surface area contributed by atoms with Gasteiger partial charge in [0.1, 0.15) is 18.7 Å². The number of imidazole rings is 1. The zero-order valence-corrected chi connectivity index (χ0v) is 41.2. The Morgan fingerprint density at radius 3 is 2.05 bits per heavy atom. The molecule has 1 saturated heterocycles. The molecule has 1 aliphatic carbocycles. The van der Waals surface area contributed by atoms with Crippen molar-refractivity contribution in [2.45, 2.75) is 148 Å². The number of aromatic nitrogens is 4. The number of carbonyl (C=O) groups excluding carboxylic acids is 3. The van der Waals surface area contributed by atoms with Crippen LogP contribution >= 0.6 is 0 Å². The van der Waals surface area contributed by atoms with E-state index in [2.05, 4.69) is 97.3 Å². The first-order valence-corrected chi connectivity index (χ1v) is 27.9. The highest BCUT2D eigenvalue weighted by molar-refractivity contribution is 6.74. The molecule has 0 radical (unpaired) electrons. The molecule has 2 aliphatic rings. The average molecular weight is 908 g/mol. The van der Waals surface area contributed by atoms with Crippen molar-refractivity contribution in [3.05, 3.63) is 72.3 Å². The lowest BCUT2D eigenvalue weighted by molar-refractivity contribution is -0.187. The molecule has 1 fully saturated rings. The van der Waals surface area contributed by atoms with E-state index in [1.807, 2.05) is 28.8 Å². The van der Waals surface area contributed by atoms with Crippen LogP contribution in [0.4, 0.5) is 5.82 Å². The Hall–Kier alpha value is -5.01. The lowest BCUT2D eigenvalue weighted by atomic mass is 9.77. The third-order valence-corrected chi connectivity index (χ3v) is 23.0. The highest BCUT2D eigenvalue weighted by Gasteiger charge is 2.51. The second kappa shape index (κ2) is 16.5. The summed E-state index contributed by atoms with van der Waals surface area (Å²) in [6.45, 7) is 26.6. The van der Waals surface area contributed by atoms with Gasteiger partial charge in [-0.25, -0.2) is 15.0 Å². The number of carbonyl (C=O) groups is 3. The van der Waals surface area contributed by atoms with Crippen LogP contribution in [-0.4, -0.2) is 85.1 Å². The maximum absolute atomic E-state index is 13.1. The number of ether oxygens (including phenoxy) is 4. The molecule has 16 heteroatoms. The predicted octanol–water partition coefficient (Wildman–Crippen LogP) is 10.1. The van der Waals surface area contributed by atoms with Gasteiger partial charge in [-0.3, -0.25) is 19.0 Å². The third-order valence-electron chi connectivity index (χ3n) is 14.0. The summed E-state index contributed by atoms with van der Waals surface area (Å²) in [5.41, 5.74) is 2.26. The number of anilines is 1. The van der Waals surface area contributed by atoms with Crippen LogP contribution in [0.25, 0.3) is 43.5 Å². The number of hydrogen-bond donors (Lipinski definition) is 1. The molecule has 2 aromatic heterocycles. The molecule has 14 nitrogen and oxygen atoms in total. The van der Waals surface area contributed by atoms with E-state index in [4.69, 9.17) is 42.8 Å². The normalized spacial score (nSPS) is 23.2. The molecular weight excluding hydrogens is 847 g/mol. The molecule has 1 aliphatic heterocycles. The molecule has 3 heterocycles. The average Bonchev–Trinajstić information content (AvgIpc) is 3.81. The van der Waals surface area contributed by atoms with Gasteiger partial charge in [0.25, 0.3) is 0 Å². The number of esters is 3. The number of nitrogens with zero attached hydrogens (tertiary/aromatic N) is 4. The molecule has 1 N–H and O–H groups in total. The second-order valence-electron chi connectivity index (χ2n) is 20.4. The van der Waals surface area contributed by atoms with Gasteiger partial charge in [-0.15, -0.1) is 0 Å². The molecule has 7 atom stereocenters. The molecule has 6 aromatic rings. The van der Waals surface area contributed by atoms with Crippen molar-refractivity contribution < 1.29 is 42.2 Å². The Morgan fingerprint density at radius 2 is 1.41 bits per heavy atom. The molecule has 0 amide bonds. The van der Waals surface area contributed by atoms with Crippen molar-refractivity contribution >= 4 is 83.8 Å². The van der Waals surface area contributed by atoms with E-state index in [0.717, 1.165) is 32.3 Å². The maximum atomic E-state index is 13.1. The van der Waals surface area contributed by atoms with Crippen LogP contribution in [0, 0.1) is 0 Å². The van der Waals surface area contributed by atoms with Crippen LogP contribution in [0.5, 0.6) is 0 Å². The van der Waals surface area contributed by atoms with Crippen molar-refractivity contribution in [3.63, 3.8) is 0 Å². The van der Waals surface area contributed by atoms with Gasteiger partial charge >= 0.3 is 17.9 Å². The lowest BCUT2D eigenvalue weighted by Crippen LogP contribution is -2.50. The quantitative estimate of drug-likeness (QED) is 0.0566. The fourth-order valence-corrected chi connectivity index (χ4v) is 11.1. The highest BCUT2D eigenvalue weighted by atomic mass is 28.4. The molecule has 0 spiro atoms. The predicted molar refractivity (Wildman–Crippen MR) is 251 cm³/mol. The van der Waals surface area contributed by atoms with E-state index in [-0.39, 0.29) is 22.3 Å². The van der Waals surface area contributed by atoms with Gasteiger partial charge in [-0.1, -0.05) is 84.0 Å². The van der Waals surface area contributed by atoms with E-state index in [9.17, 15) is 14.4 Å². The van der Waals surface area contributed by atoms with Crippen LogP contribution in [0.3, 0.4) is 0 Å². The van der Waals surface area contributed by atoms with Crippen LogP contribution < -0.4 is 5.32 Å². The van der Waals surface area contributed by atoms with Gasteiger partial charge < -0.3 is 33.1 Å². The Morgan fingerprint density at radius 1 is 0.781 bits per heavy atom. The molecule has 8 rings (SSSR count). The second-order valence-corrected chi connectivity index (χ2v) is 30.0. The Labute approximate surface area is 376 Å². The van der Waals surface area contributed by atoms with Gasteiger partial charge in [0.2, 0.25) is 0 Å². The molecule has 0 bridgehead atoms. The van der Waals surface area contributed by atoms with Crippen molar-refractivity contribution in [2.75, 3.05) is 11.9 Å². The van der Waals surface area contributed by atoms with Gasteiger partial charge in [-0.05, 0) is 80.2 Å². The molecule has 0 saturated carbocycles. The first-order chi connectivity index (χ1) is 30.0. The summed E-state index contributed by atoms with van der Waals surface area (Å²) < 4.78 is 40.7. The van der Waals surface area contributed by atoms with Crippen molar-refractivity contribution in [3.8, 4) is 0 Å². The zero-order valence-electron chi connectivity index (χ0n) is 39.2. The minimum atomic E-state index is -2.22. The summed E-state index contributed by atoms with van der Waals surface area (Å²) in [6, 6.07) is 15.5. The number of rotatable bonds is 11. The minimum Gasteiger partial charge on any atom is -0.456 e. The minimum absolute atomic E-state index is 0.0181. The molecular formula is C48H61N5O9Si2. The van der Waals surface area contributed by atoms with E-state index >= 15 is 0 Å². The summed E-state index contributed by atoms with van der Waals surface area (Å²) in [5, 5.41) is 9.53. The van der Waals surface area contributed by atoms with Gasteiger partial charge in [-0.2, -0.15) is 0 Å². The van der Waals surface area contributed by atoms with Crippen LogP contribution in [0.2, 0.25) is 36.3 Å². The highest BCUT2D eigenvalue weighted by Crippen LogP contribution is 2.50.